The number of nitrogens with one attached hydrogen (secondary N) is 1. The third-order valence-electron chi connectivity index (χ3n) is 3.23. The predicted octanol–water partition coefficient (Wildman–Crippen LogP) is 2.10. The van der Waals surface area contributed by atoms with E-state index in [1.807, 2.05) is 30.3 Å². The van der Waals surface area contributed by atoms with Crippen molar-refractivity contribution in [1.29, 1.82) is 5.41 Å². The predicted molar refractivity (Wildman–Crippen MR) is 82.2 cm³/mol. The van der Waals surface area contributed by atoms with Crippen LogP contribution in [0.2, 0.25) is 0 Å². The van der Waals surface area contributed by atoms with Gasteiger partial charge in [-0.2, -0.15) is 4.73 Å². The number of esters is 1. The molecule has 1 aromatic carbocycles. The van der Waals surface area contributed by atoms with Gasteiger partial charge in [0.1, 0.15) is 11.4 Å². The highest BCUT2D eigenvalue weighted by molar-refractivity contribution is 5.87. The Hall–Kier alpha value is -3.42. The lowest BCUT2D eigenvalue weighted by Gasteiger charge is -2.05. The van der Waals surface area contributed by atoms with Gasteiger partial charge in [0.15, 0.2) is 16.9 Å². The first-order chi connectivity index (χ1) is 11.6. The summed E-state index contributed by atoms with van der Waals surface area (Å²) in [6.07, 6.45) is 1.18. The van der Waals surface area contributed by atoms with Gasteiger partial charge in [-0.05, 0) is 6.92 Å². The van der Waals surface area contributed by atoms with Gasteiger partial charge in [0.2, 0.25) is 0 Å². The number of hydrogen-bond acceptors (Lipinski definition) is 7. The minimum atomic E-state index is -0.793. The molecule has 2 aromatic heterocycles. The van der Waals surface area contributed by atoms with Gasteiger partial charge >= 0.3 is 5.97 Å². The molecule has 3 aromatic rings. The second-order valence-electron chi connectivity index (χ2n) is 4.83. The van der Waals surface area contributed by atoms with Gasteiger partial charge in [-0.1, -0.05) is 35.5 Å². The van der Waals surface area contributed by atoms with Crippen molar-refractivity contribution in [2.45, 2.75) is 6.92 Å². The van der Waals surface area contributed by atoms with Gasteiger partial charge in [-0.3, -0.25) is 5.41 Å². The van der Waals surface area contributed by atoms with Crippen molar-refractivity contribution >= 4 is 5.97 Å². The third kappa shape index (κ3) is 2.89. The molecule has 0 amide bonds. The molecule has 0 fully saturated rings. The molecular formula is C16H14N4O4. The summed E-state index contributed by atoms with van der Waals surface area (Å²) in [5.74, 6) is -0.275. The number of benzene rings is 1. The summed E-state index contributed by atoms with van der Waals surface area (Å²) in [5.41, 5.74) is 0.561. The monoisotopic (exact) mass is 326 g/mol. The second kappa shape index (κ2) is 6.37. The summed E-state index contributed by atoms with van der Waals surface area (Å²) in [7, 11) is 0. The molecule has 0 unspecified atom stereocenters. The standard InChI is InChI=1S/C16H14N4O4/c1-2-23-16(21)14-15(17)20(22)9-12(18-14)11-8-13(24-19-11)10-6-4-3-5-7-10/h3-9,17,22H,2H2,1H3. The Balaban J connectivity index is 2.03. The van der Waals surface area contributed by atoms with E-state index in [1.54, 1.807) is 13.0 Å². The van der Waals surface area contributed by atoms with Crippen LogP contribution < -0.4 is 5.49 Å². The van der Waals surface area contributed by atoms with E-state index in [2.05, 4.69) is 10.1 Å². The molecule has 3 rings (SSSR count). The summed E-state index contributed by atoms with van der Waals surface area (Å²) >= 11 is 0. The molecule has 8 heteroatoms. The van der Waals surface area contributed by atoms with Gasteiger partial charge < -0.3 is 14.5 Å². The van der Waals surface area contributed by atoms with E-state index in [0.717, 1.165) is 5.56 Å². The fourth-order valence-electron chi connectivity index (χ4n) is 2.09. The molecule has 0 spiro atoms. The van der Waals surface area contributed by atoms with Gasteiger partial charge in [0, 0.05) is 11.6 Å². The summed E-state index contributed by atoms with van der Waals surface area (Å²) in [4.78, 5) is 15.9. The molecule has 0 atom stereocenters. The average Bonchev–Trinajstić information content (AvgIpc) is 3.08. The molecule has 2 heterocycles. The first kappa shape index (κ1) is 15.5. The van der Waals surface area contributed by atoms with Crippen molar-refractivity contribution in [2.75, 3.05) is 6.61 Å². The zero-order valence-corrected chi connectivity index (χ0v) is 12.8. The van der Waals surface area contributed by atoms with Gasteiger partial charge in [0.25, 0.3) is 0 Å². The lowest BCUT2D eigenvalue weighted by molar-refractivity contribution is 0.0508. The van der Waals surface area contributed by atoms with Crippen LogP contribution >= 0.6 is 0 Å². The molecule has 0 radical (unpaired) electrons. The number of aromatic nitrogens is 3. The van der Waals surface area contributed by atoms with Crippen molar-refractivity contribution in [3.05, 3.63) is 53.8 Å². The number of hydrogen-bond donors (Lipinski definition) is 2. The molecule has 122 valence electrons. The Labute approximate surface area is 136 Å². The highest BCUT2D eigenvalue weighted by Gasteiger charge is 2.18. The first-order valence-corrected chi connectivity index (χ1v) is 7.17. The van der Waals surface area contributed by atoms with E-state index in [9.17, 15) is 10.0 Å². The van der Waals surface area contributed by atoms with E-state index in [-0.39, 0.29) is 18.0 Å². The zero-order chi connectivity index (χ0) is 17.1. The molecule has 2 N–H and O–H groups in total. The maximum Gasteiger partial charge on any atom is 0.360 e. The van der Waals surface area contributed by atoms with Crippen LogP contribution in [0.25, 0.3) is 22.7 Å². The Bertz CT molecular complexity index is 931. The molecule has 0 bridgehead atoms. The number of carbonyl (C=O) groups excluding carboxylic acids is 1. The first-order valence-electron chi connectivity index (χ1n) is 7.17. The summed E-state index contributed by atoms with van der Waals surface area (Å²) < 4.78 is 10.6. The maximum absolute atomic E-state index is 11.9. The van der Waals surface area contributed by atoms with Crippen LogP contribution in [-0.4, -0.2) is 32.7 Å². The Morgan fingerprint density at radius 2 is 2.08 bits per heavy atom. The highest BCUT2D eigenvalue weighted by Crippen LogP contribution is 2.24. The fourth-order valence-corrected chi connectivity index (χ4v) is 2.09. The number of carbonyl (C=O) groups is 1. The van der Waals surface area contributed by atoms with Gasteiger partial charge in [-0.25, -0.2) is 9.78 Å². The topological polar surface area (TPSA) is 114 Å². The number of ether oxygens (including phenoxy) is 1. The van der Waals surface area contributed by atoms with E-state index >= 15 is 0 Å². The van der Waals surface area contributed by atoms with Crippen LogP contribution in [0.4, 0.5) is 0 Å². The molecule has 0 aliphatic rings. The summed E-state index contributed by atoms with van der Waals surface area (Å²) in [5, 5.41) is 21.4. The fraction of sp³-hybridized carbons (Fsp3) is 0.125. The summed E-state index contributed by atoms with van der Waals surface area (Å²) in [6, 6.07) is 11.0. The van der Waals surface area contributed by atoms with Crippen LogP contribution in [0, 0.1) is 5.41 Å². The Kier molecular flexibility index (Phi) is 4.11. The van der Waals surface area contributed by atoms with E-state index in [1.165, 1.54) is 6.20 Å². The second-order valence-corrected chi connectivity index (χ2v) is 4.83. The Morgan fingerprint density at radius 1 is 1.33 bits per heavy atom. The normalized spacial score (nSPS) is 10.5. The van der Waals surface area contributed by atoms with E-state index in [4.69, 9.17) is 14.7 Å². The van der Waals surface area contributed by atoms with E-state index in [0.29, 0.717) is 16.2 Å². The SMILES string of the molecule is CCOC(=O)c1nc(-c2cc(-c3ccccc3)on2)cn(O)c1=N. The van der Waals surface area contributed by atoms with Crippen LogP contribution in [0.3, 0.4) is 0 Å². The lowest BCUT2D eigenvalue weighted by Crippen LogP contribution is -2.28. The summed E-state index contributed by atoms with van der Waals surface area (Å²) in [6.45, 7) is 1.78. The minimum absolute atomic E-state index is 0.137. The van der Waals surface area contributed by atoms with Crippen LogP contribution in [0.1, 0.15) is 17.4 Å². The average molecular weight is 326 g/mol. The lowest BCUT2D eigenvalue weighted by atomic mass is 10.1. The smallest absolute Gasteiger partial charge is 0.360 e. The van der Waals surface area contributed by atoms with Gasteiger partial charge in [0.05, 0.1) is 12.8 Å². The number of nitrogens with zero attached hydrogens (tertiary/aromatic N) is 3. The molecule has 0 aliphatic heterocycles. The van der Waals surface area contributed by atoms with Crippen molar-refractivity contribution in [3.8, 4) is 22.7 Å². The van der Waals surface area contributed by atoms with Crippen molar-refractivity contribution in [1.82, 2.24) is 14.9 Å². The third-order valence-corrected chi connectivity index (χ3v) is 3.23. The number of rotatable bonds is 4. The van der Waals surface area contributed by atoms with Crippen LogP contribution in [0.15, 0.2) is 47.1 Å². The van der Waals surface area contributed by atoms with Crippen molar-refractivity contribution in [3.63, 3.8) is 0 Å². The van der Waals surface area contributed by atoms with Gasteiger partial charge in [-0.15, -0.1) is 0 Å². The maximum atomic E-state index is 11.9. The molecule has 0 saturated heterocycles. The van der Waals surface area contributed by atoms with Crippen LogP contribution in [-0.2, 0) is 4.74 Å². The Morgan fingerprint density at radius 3 is 2.79 bits per heavy atom. The molecule has 0 aliphatic carbocycles. The molecular weight excluding hydrogens is 312 g/mol. The highest BCUT2D eigenvalue weighted by atomic mass is 16.5. The molecule has 8 nitrogen and oxygen atoms in total. The molecule has 24 heavy (non-hydrogen) atoms. The zero-order valence-electron chi connectivity index (χ0n) is 12.8. The van der Waals surface area contributed by atoms with Crippen molar-refractivity contribution < 1.29 is 19.3 Å². The molecule has 0 saturated carbocycles. The van der Waals surface area contributed by atoms with Crippen LogP contribution in [0.5, 0.6) is 0 Å². The quantitative estimate of drug-likeness (QED) is 0.560. The minimum Gasteiger partial charge on any atom is -0.461 e. The largest absolute Gasteiger partial charge is 0.461 e. The van der Waals surface area contributed by atoms with E-state index < -0.39 is 11.5 Å². The van der Waals surface area contributed by atoms with Crippen molar-refractivity contribution in [2.24, 2.45) is 0 Å².